The van der Waals surface area contributed by atoms with Gasteiger partial charge in [-0.3, -0.25) is 9.48 Å². The summed E-state index contributed by atoms with van der Waals surface area (Å²) >= 11 is 12.1. The highest BCUT2D eigenvalue weighted by atomic mass is 35.5. The Balaban J connectivity index is 1.85. The molecule has 3 rings (SSSR count). The van der Waals surface area contributed by atoms with Crippen molar-refractivity contribution in [1.82, 2.24) is 9.78 Å². The Labute approximate surface area is 156 Å². The Morgan fingerprint density at radius 2 is 1.76 bits per heavy atom. The maximum Gasteiger partial charge on any atom is 0.259 e. The standard InChI is InChI=1S/C19H17Cl2N3O/c1-12-18(19(25)22-16-9-7-15(20)8-10-16)13(2)24(23-12)11-14-5-3-4-6-17(14)21/h3-10H,11H2,1-2H3,(H,22,25). The molecule has 0 spiro atoms. The molecule has 0 bridgehead atoms. The predicted molar refractivity (Wildman–Crippen MR) is 102 cm³/mol. The van der Waals surface area contributed by atoms with Crippen LogP contribution in [0.4, 0.5) is 5.69 Å². The summed E-state index contributed by atoms with van der Waals surface area (Å²) in [6, 6.07) is 14.6. The van der Waals surface area contributed by atoms with Gasteiger partial charge in [0.2, 0.25) is 0 Å². The second-order valence-corrected chi connectivity index (χ2v) is 6.60. The first-order chi connectivity index (χ1) is 12.0. The lowest BCUT2D eigenvalue weighted by molar-refractivity contribution is 0.102. The Hall–Kier alpha value is -2.30. The van der Waals surface area contributed by atoms with Gasteiger partial charge < -0.3 is 5.32 Å². The third kappa shape index (κ3) is 3.86. The molecule has 128 valence electrons. The minimum atomic E-state index is -0.192. The number of aromatic nitrogens is 2. The number of anilines is 1. The maximum absolute atomic E-state index is 12.6. The van der Waals surface area contributed by atoms with Gasteiger partial charge in [0, 0.05) is 21.4 Å². The van der Waals surface area contributed by atoms with Gasteiger partial charge >= 0.3 is 0 Å². The van der Waals surface area contributed by atoms with Gasteiger partial charge in [-0.15, -0.1) is 0 Å². The number of amides is 1. The Morgan fingerprint density at radius 1 is 1.08 bits per heavy atom. The number of rotatable bonds is 4. The number of aryl methyl sites for hydroxylation is 1. The van der Waals surface area contributed by atoms with Crippen molar-refractivity contribution in [2.45, 2.75) is 20.4 Å². The number of benzene rings is 2. The molecule has 3 aromatic rings. The fourth-order valence-electron chi connectivity index (χ4n) is 2.69. The second-order valence-electron chi connectivity index (χ2n) is 5.76. The first kappa shape index (κ1) is 17.5. The van der Waals surface area contributed by atoms with Crippen LogP contribution in [0.5, 0.6) is 0 Å². The Morgan fingerprint density at radius 3 is 2.44 bits per heavy atom. The molecule has 1 aromatic heterocycles. The molecule has 0 aliphatic carbocycles. The number of halogens is 2. The van der Waals surface area contributed by atoms with Crippen molar-refractivity contribution in [3.8, 4) is 0 Å². The van der Waals surface area contributed by atoms with Gasteiger partial charge in [-0.05, 0) is 49.7 Å². The molecule has 1 N–H and O–H groups in total. The van der Waals surface area contributed by atoms with Crippen LogP contribution in [0.2, 0.25) is 10.0 Å². The van der Waals surface area contributed by atoms with Gasteiger partial charge in [-0.1, -0.05) is 41.4 Å². The number of carbonyl (C=O) groups excluding carboxylic acids is 1. The van der Waals surface area contributed by atoms with Crippen LogP contribution in [-0.4, -0.2) is 15.7 Å². The van der Waals surface area contributed by atoms with Gasteiger partial charge in [0.1, 0.15) is 0 Å². The quantitative estimate of drug-likeness (QED) is 0.690. The van der Waals surface area contributed by atoms with E-state index in [1.807, 2.05) is 38.1 Å². The number of nitrogens with zero attached hydrogens (tertiary/aromatic N) is 2. The molecule has 25 heavy (non-hydrogen) atoms. The fraction of sp³-hybridized carbons (Fsp3) is 0.158. The van der Waals surface area contributed by atoms with Crippen LogP contribution in [0.15, 0.2) is 48.5 Å². The van der Waals surface area contributed by atoms with E-state index in [0.29, 0.717) is 33.5 Å². The normalized spacial score (nSPS) is 10.7. The Bertz CT molecular complexity index is 917. The number of hydrogen-bond acceptors (Lipinski definition) is 2. The summed E-state index contributed by atoms with van der Waals surface area (Å²) in [7, 11) is 0. The van der Waals surface area contributed by atoms with E-state index in [2.05, 4.69) is 10.4 Å². The molecule has 0 saturated carbocycles. The van der Waals surface area contributed by atoms with Crippen molar-refractivity contribution in [2.24, 2.45) is 0 Å². The number of nitrogens with one attached hydrogen (secondary N) is 1. The highest BCUT2D eigenvalue weighted by Crippen LogP contribution is 2.21. The van der Waals surface area contributed by atoms with Crippen molar-refractivity contribution >= 4 is 34.8 Å². The lowest BCUT2D eigenvalue weighted by atomic mass is 10.1. The van der Waals surface area contributed by atoms with Crippen LogP contribution in [-0.2, 0) is 6.54 Å². The lowest BCUT2D eigenvalue weighted by Crippen LogP contribution is -2.14. The monoisotopic (exact) mass is 373 g/mol. The highest BCUT2D eigenvalue weighted by molar-refractivity contribution is 6.31. The zero-order chi connectivity index (χ0) is 18.0. The van der Waals surface area contributed by atoms with E-state index in [1.165, 1.54) is 0 Å². The molecule has 0 fully saturated rings. The zero-order valence-corrected chi connectivity index (χ0v) is 15.4. The van der Waals surface area contributed by atoms with Crippen LogP contribution in [0.25, 0.3) is 0 Å². The third-order valence-electron chi connectivity index (χ3n) is 3.99. The first-order valence-electron chi connectivity index (χ1n) is 7.80. The van der Waals surface area contributed by atoms with Crippen molar-refractivity contribution < 1.29 is 4.79 Å². The van der Waals surface area contributed by atoms with Gasteiger partial charge in [0.25, 0.3) is 5.91 Å². The highest BCUT2D eigenvalue weighted by Gasteiger charge is 2.19. The Kier molecular flexibility index (Phi) is 5.11. The molecule has 0 saturated heterocycles. The maximum atomic E-state index is 12.6. The predicted octanol–water partition coefficient (Wildman–Crippen LogP) is 5.11. The van der Waals surface area contributed by atoms with E-state index in [-0.39, 0.29) is 5.91 Å². The van der Waals surface area contributed by atoms with Crippen LogP contribution >= 0.6 is 23.2 Å². The molecule has 4 nitrogen and oxygen atoms in total. The summed E-state index contributed by atoms with van der Waals surface area (Å²) in [5.74, 6) is -0.192. The zero-order valence-electron chi connectivity index (χ0n) is 13.9. The van der Waals surface area contributed by atoms with E-state index in [4.69, 9.17) is 23.2 Å². The topological polar surface area (TPSA) is 46.9 Å². The van der Waals surface area contributed by atoms with Crippen molar-refractivity contribution in [2.75, 3.05) is 5.32 Å². The van der Waals surface area contributed by atoms with Gasteiger partial charge in [-0.25, -0.2) is 0 Å². The van der Waals surface area contributed by atoms with Crippen LogP contribution < -0.4 is 5.32 Å². The molecule has 0 atom stereocenters. The largest absolute Gasteiger partial charge is 0.322 e. The molecule has 1 heterocycles. The summed E-state index contributed by atoms with van der Waals surface area (Å²) in [5, 5.41) is 8.68. The molecule has 6 heteroatoms. The molecule has 1 amide bonds. The summed E-state index contributed by atoms with van der Waals surface area (Å²) in [6.07, 6.45) is 0. The molecule has 2 aromatic carbocycles. The van der Waals surface area contributed by atoms with Crippen LogP contribution in [0.3, 0.4) is 0 Å². The van der Waals surface area contributed by atoms with Crippen molar-refractivity contribution in [3.05, 3.63) is 81.1 Å². The molecule has 0 unspecified atom stereocenters. The molecular formula is C19H17Cl2N3O. The van der Waals surface area contributed by atoms with E-state index >= 15 is 0 Å². The average molecular weight is 374 g/mol. The summed E-state index contributed by atoms with van der Waals surface area (Å²) in [4.78, 5) is 12.6. The van der Waals surface area contributed by atoms with Crippen molar-refractivity contribution in [1.29, 1.82) is 0 Å². The van der Waals surface area contributed by atoms with E-state index < -0.39 is 0 Å². The fourth-order valence-corrected chi connectivity index (χ4v) is 3.02. The van der Waals surface area contributed by atoms with Gasteiger partial charge in [0.05, 0.1) is 17.8 Å². The summed E-state index contributed by atoms with van der Waals surface area (Å²) < 4.78 is 1.80. The minimum absolute atomic E-state index is 0.192. The van der Waals surface area contributed by atoms with Crippen LogP contribution in [0.1, 0.15) is 27.3 Å². The average Bonchev–Trinajstić information content (AvgIpc) is 2.86. The van der Waals surface area contributed by atoms with E-state index in [9.17, 15) is 4.79 Å². The van der Waals surface area contributed by atoms with Gasteiger partial charge in [-0.2, -0.15) is 5.10 Å². The third-order valence-corrected chi connectivity index (χ3v) is 4.61. The van der Waals surface area contributed by atoms with E-state index in [0.717, 1.165) is 11.3 Å². The van der Waals surface area contributed by atoms with Crippen molar-refractivity contribution in [3.63, 3.8) is 0 Å². The molecule has 0 aliphatic rings. The SMILES string of the molecule is Cc1nn(Cc2ccccc2Cl)c(C)c1C(=O)Nc1ccc(Cl)cc1. The molecular weight excluding hydrogens is 357 g/mol. The van der Waals surface area contributed by atoms with Gasteiger partial charge in [0.15, 0.2) is 0 Å². The minimum Gasteiger partial charge on any atom is -0.322 e. The second kappa shape index (κ2) is 7.30. The number of carbonyl (C=O) groups is 1. The lowest BCUT2D eigenvalue weighted by Gasteiger charge is -2.08. The van der Waals surface area contributed by atoms with Crippen LogP contribution in [0, 0.1) is 13.8 Å². The molecule has 0 aliphatic heterocycles. The van der Waals surface area contributed by atoms with E-state index in [1.54, 1.807) is 28.9 Å². The summed E-state index contributed by atoms with van der Waals surface area (Å²) in [5.41, 5.74) is 3.69. The number of hydrogen-bond donors (Lipinski definition) is 1. The first-order valence-corrected chi connectivity index (χ1v) is 8.55. The molecule has 0 radical (unpaired) electrons. The smallest absolute Gasteiger partial charge is 0.259 e. The summed E-state index contributed by atoms with van der Waals surface area (Å²) in [6.45, 7) is 4.22.